The summed E-state index contributed by atoms with van der Waals surface area (Å²) >= 11 is 0. The van der Waals surface area contributed by atoms with Crippen molar-refractivity contribution in [2.24, 2.45) is 13.0 Å². The van der Waals surface area contributed by atoms with Crippen molar-refractivity contribution >= 4 is 16.8 Å². The first kappa shape index (κ1) is 22.3. The van der Waals surface area contributed by atoms with Crippen LogP contribution in [-0.2, 0) is 22.0 Å². The number of morpholine rings is 1. The number of carbonyl (C=O) groups is 1. The minimum absolute atomic E-state index is 0.0114. The van der Waals surface area contributed by atoms with Gasteiger partial charge in [-0.1, -0.05) is 0 Å². The van der Waals surface area contributed by atoms with Gasteiger partial charge in [-0.25, -0.2) is 0 Å². The van der Waals surface area contributed by atoms with Crippen molar-refractivity contribution in [3.63, 3.8) is 0 Å². The lowest BCUT2D eigenvalue weighted by Crippen LogP contribution is -2.68. The first-order valence-corrected chi connectivity index (χ1v) is 12.6. The normalized spacial score (nSPS) is 24.9. The highest BCUT2D eigenvalue weighted by Crippen LogP contribution is 2.50. The van der Waals surface area contributed by atoms with Crippen molar-refractivity contribution in [3.05, 3.63) is 29.5 Å². The van der Waals surface area contributed by atoms with E-state index in [0.717, 1.165) is 56.5 Å². The molecule has 1 aromatic heterocycles. The third-order valence-electron chi connectivity index (χ3n) is 8.41. The van der Waals surface area contributed by atoms with Crippen molar-refractivity contribution in [3.8, 4) is 5.75 Å². The molecular weight excluding hydrogens is 432 g/mol. The number of aliphatic hydroxyl groups excluding tert-OH is 1. The molecule has 2 saturated heterocycles. The molecule has 6 rings (SSSR count). The molecule has 184 valence electrons. The molecule has 4 heterocycles. The van der Waals surface area contributed by atoms with Crippen molar-refractivity contribution in [1.82, 2.24) is 19.3 Å². The molecule has 1 aromatic carbocycles. The lowest BCUT2D eigenvalue weighted by Gasteiger charge is -2.56. The van der Waals surface area contributed by atoms with E-state index < -0.39 is 0 Å². The SMILES string of the molecule is COc1ccc2c3c(n(C)c2c1)[C@@H](CO)N(CC1CC1)CC31CN(C(=O)CN2CCOCC2)C1. The number of ether oxygens (including phenoxy) is 2. The Bertz CT molecular complexity index is 1080. The quantitative estimate of drug-likeness (QED) is 0.691. The Morgan fingerprint density at radius 1 is 1.21 bits per heavy atom. The molecule has 0 bridgehead atoms. The summed E-state index contributed by atoms with van der Waals surface area (Å²) in [6.07, 6.45) is 2.57. The summed E-state index contributed by atoms with van der Waals surface area (Å²) in [5.41, 5.74) is 3.57. The third kappa shape index (κ3) is 3.63. The van der Waals surface area contributed by atoms with Crippen LogP contribution in [0.5, 0.6) is 5.75 Å². The summed E-state index contributed by atoms with van der Waals surface area (Å²) in [5.74, 6) is 1.79. The monoisotopic (exact) mass is 468 g/mol. The number of fused-ring (bicyclic) bond motifs is 4. The van der Waals surface area contributed by atoms with Crippen LogP contribution >= 0.6 is 0 Å². The van der Waals surface area contributed by atoms with Crippen LogP contribution in [0.3, 0.4) is 0 Å². The summed E-state index contributed by atoms with van der Waals surface area (Å²) in [5, 5.41) is 11.7. The molecule has 3 aliphatic heterocycles. The van der Waals surface area contributed by atoms with Gasteiger partial charge >= 0.3 is 0 Å². The van der Waals surface area contributed by atoms with Crippen LogP contribution in [0.4, 0.5) is 0 Å². The molecule has 1 N–H and O–H groups in total. The standard InChI is InChI=1S/C26H36N4O4/c1-27-21-11-19(33-2)5-6-20(21)24-25(27)22(14-31)29(12-18-3-4-18)15-26(24)16-30(17-26)23(32)13-28-7-9-34-10-8-28/h5-6,11,18,22,31H,3-4,7-10,12-17H2,1-2H3/t22-/m1/s1. The van der Waals surface area contributed by atoms with Gasteiger partial charge in [0, 0.05) is 68.9 Å². The van der Waals surface area contributed by atoms with E-state index in [0.29, 0.717) is 19.8 Å². The number of nitrogens with zero attached hydrogens (tertiary/aromatic N) is 4. The molecule has 0 unspecified atom stereocenters. The number of hydrogen-bond donors (Lipinski definition) is 1. The summed E-state index contributed by atoms with van der Waals surface area (Å²) in [6, 6.07) is 6.28. The second kappa shape index (κ2) is 8.52. The lowest BCUT2D eigenvalue weighted by atomic mass is 9.68. The molecule has 1 aliphatic carbocycles. The number of aliphatic hydroxyl groups is 1. The van der Waals surface area contributed by atoms with Gasteiger partial charge in [0.15, 0.2) is 0 Å². The molecule has 8 nitrogen and oxygen atoms in total. The minimum Gasteiger partial charge on any atom is -0.497 e. The topological polar surface area (TPSA) is 70.4 Å². The largest absolute Gasteiger partial charge is 0.497 e. The predicted octanol–water partition coefficient (Wildman–Crippen LogP) is 1.36. The fraction of sp³-hybridized carbons (Fsp3) is 0.654. The molecule has 34 heavy (non-hydrogen) atoms. The second-order valence-electron chi connectivity index (χ2n) is 10.7. The Hall–Kier alpha value is -2.13. The fourth-order valence-corrected chi connectivity index (χ4v) is 6.46. The van der Waals surface area contributed by atoms with E-state index >= 15 is 0 Å². The van der Waals surface area contributed by atoms with Crippen LogP contribution in [0.1, 0.15) is 30.1 Å². The van der Waals surface area contributed by atoms with E-state index in [1.54, 1.807) is 7.11 Å². The Balaban J connectivity index is 1.35. The second-order valence-corrected chi connectivity index (χ2v) is 10.7. The van der Waals surface area contributed by atoms with Crippen LogP contribution in [0, 0.1) is 5.92 Å². The highest BCUT2D eigenvalue weighted by molar-refractivity contribution is 5.90. The molecule has 1 saturated carbocycles. The predicted molar refractivity (Wildman–Crippen MR) is 129 cm³/mol. The van der Waals surface area contributed by atoms with Crippen LogP contribution < -0.4 is 4.74 Å². The van der Waals surface area contributed by atoms with Gasteiger partial charge in [0.05, 0.1) is 45.0 Å². The summed E-state index contributed by atoms with van der Waals surface area (Å²) < 4.78 is 13.2. The van der Waals surface area contributed by atoms with Crippen LogP contribution in [-0.4, -0.2) is 103 Å². The Morgan fingerprint density at radius 3 is 2.65 bits per heavy atom. The maximum Gasteiger partial charge on any atom is 0.236 e. The first-order valence-electron chi connectivity index (χ1n) is 12.6. The fourth-order valence-electron chi connectivity index (χ4n) is 6.46. The Kier molecular flexibility index (Phi) is 5.60. The average Bonchev–Trinajstić information content (AvgIpc) is 3.60. The zero-order valence-electron chi connectivity index (χ0n) is 20.3. The molecule has 0 radical (unpaired) electrons. The van der Waals surface area contributed by atoms with Crippen molar-refractivity contribution in [1.29, 1.82) is 0 Å². The van der Waals surface area contributed by atoms with E-state index in [1.165, 1.54) is 29.5 Å². The number of hydrogen-bond acceptors (Lipinski definition) is 6. The average molecular weight is 469 g/mol. The zero-order chi connectivity index (χ0) is 23.4. The van der Waals surface area contributed by atoms with Gasteiger partial charge in [-0.2, -0.15) is 0 Å². The summed E-state index contributed by atoms with van der Waals surface area (Å²) in [6.45, 7) is 7.06. The van der Waals surface area contributed by atoms with Gasteiger partial charge in [0.25, 0.3) is 0 Å². The molecule has 1 atom stereocenters. The number of aromatic nitrogens is 1. The number of methoxy groups -OCH3 is 1. The van der Waals surface area contributed by atoms with Crippen LogP contribution in [0.2, 0.25) is 0 Å². The molecule has 1 spiro atoms. The molecule has 4 aliphatic rings. The third-order valence-corrected chi connectivity index (χ3v) is 8.41. The number of benzene rings is 1. The van der Waals surface area contributed by atoms with E-state index in [-0.39, 0.29) is 24.0 Å². The van der Waals surface area contributed by atoms with Gasteiger partial charge in [0.1, 0.15) is 5.75 Å². The number of likely N-dealkylation sites (tertiary alicyclic amines) is 1. The number of rotatable bonds is 6. The van der Waals surface area contributed by atoms with Crippen molar-refractivity contribution in [2.75, 3.05) is 72.7 Å². The van der Waals surface area contributed by atoms with E-state index in [9.17, 15) is 9.90 Å². The molecule has 2 aromatic rings. The Labute approximate surface area is 201 Å². The molecule has 3 fully saturated rings. The zero-order valence-corrected chi connectivity index (χ0v) is 20.3. The van der Waals surface area contributed by atoms with E-state index in [2.05, 4.69) is 33.5 Å². The maximum atomic E-state index is 13.1. The summed E-state index contributed by atoms with van der Waals surface area (Å²) in [7, 11) is 3.81. The van der Waals surface area contributed by atoms with Gasteiger partial charge in [-0.3, -0.25) is 14.6 Å². The highest BCUT2D eigenvalue weighted by Gasteiger charge is 2.54. The molecule has 8 heteroatoms. The van der Waals surface area contributed by atoms with Crippen LogP contribution in [0.15, 0.2) is 18.2 Å². The van der Waals surface area contributed by atoms with E-state index in [4.69, 9.17) is 9.47 Å². The lowest BCUT2D eigenvalue weighted by molar-refractivity contribution is -0.143. The van der Waals surface area contributed by atoms with E-state index in [1.807, 2.05) is 11.0 Å². The van der Waals surface area contributed by atoms with Gasteiger partial charge in [-0.15, -0.1) is 0 Å². The number of amides is 1. The Morgan fingerprint density at radius 2 is 1.97 bits per heavy atom. The van der Waals surface area contributed by atoms with Crippen LogP contribution in [0.25, 0.3) is 10.9 Å². The molecular formula is C26H36N4O4. The first-order chi connectivity index (χ1) is 16.5. The highest BCUT2D eigenvalue weighted by atomic mass is 16.5. The van der Waals surface area contributed by atoms with Gasteiger partial charge < -0.3 is 24.0 Å². The smallest absolute Gasteiger partial charge is 0.236 e. The number of aryl methyl sites for hydroxylation is 1. The van der Waals surface area contributed by atoms with Gasteiger partial charge in [-0.05, 0) is 36.5 Å². The maximum absolute atomic E-state index is 13.1. The number of carbonyl (C=O) groups excluding carboxylic acids is 1. The summed E-state index contributed by atoms with van der Waals surface area (Å²) in [4.78, 5) is 19.9. The van der Waals surface area contributed by atoms with Crippen molar-refractivity contribution in [2.45, 2.75) is 24.3 Å². The minimum atomic E-state index is -0.0926. The molecule has 1 amide bonds. The van der Waals surface area contributed by atoms with Gasteiger partial charge in [0.2, 0.25) is 5.91 Å². The van der Waals surface area contributed by atoms with Crippen molar-refractivity contribution < 1.29 is 19.4 Å².